The van der Waals surface area contributed by atoms with Crippen molar-refractivity contribution in [3.63, 3.8) is 0 Å². The second-order valence-electron chi connectivity index (χ2n) is 3.58. The van der Waals surface area contributed by atoms with Crippen molar-refractivity contribution in [2.24, 2.45) is 0 Å². The molecule has 1 rings (SSSR count). The third kappa shape index (κ3) is 3.25. The molecule has 0 saturated heterocycles. The van der Waals surface area contributed by atoms with Gasteiger partial charge in [-0.15, -0.1) is 0 Å². The lowest BCUT2D eigenvalue weighted by atomic mass is 10.2. The number of aliphatic hydroxyl groups is 1. The second-order valence-corrected chi connectivity index (χ2v) is 3.58. The third-order valence-electron chi connectivity index (χ3n) is 2.31. The number of allylic oxidation sites excluding steroid dienone is 1. The van der Waals surface area contributed by atoms with Gasteiger partial charge in [-0.25, -0.2) is 0 Å². The Labute approximate surface area is 107 Å². The summed E-state index contributed by atoms with van der Waals surface area (Å²) in [5.41, 5.74) is -0.982. The van der Waals surface area contributed by atoms with Crippen LogP contribution in [-0.4, -0.2) is 11.5 Å². The fourth-order valence-corrected chi connectivity index (χ4v) is 1.27. The van der Waals surface area contributed by atoms with Gasteiger partial charge in [0.15, 0.2) is 0 Å². The van der Waals surface area contributed by atoms with Gasteiger partial charge in [0, 0.05) is 0 Å². The summed E-state index contributed by atoms with van der Waals surface area (Å²) >= 11 is 0. The third-order valence-corrected chi connectivity index (χ3v) is 2.31. The predicted octanol–water partition coefficient (Wildman–Crippen LogP) is 2.98. The minimum atomic E-state index is -4.48. The molecule has 0 saturated carbocycles. The van der Waals surface area contributed by atoms with Crippen molar-refractivity contribution >= 4 is 12.1 Å². The molecule has 0 unspecified atom stereocenters. The maximum atomic E-state index is 12.4. The van der Waals surface area contributed by atoms with Crippen LogP contribution in [0.1, 0.15) is 12.5 Å². The van der Waals surface area contributed by atoms with Crippen molar-refractivity contribution in [1.29, 1.82) is 5.26 Å². The van der Waals surface area contributed by atoms with Crippen LogP contribution in [-0.2, 0) is 11.0 Å². The number of hydrogen-bond acceptors (Lipinski definition) is 3. The Kier molecular flexibility index (Phi) is 4.17. The lowest BCUT2D eigenvalue weighted by Crippen LogP contribution is -2.21. The van der Waals surface area contributed by atoms with Crippen LogP contribution < -0.4 is 4.90 Å². The van der Waals surface area contributed by atoms with E-state index in [0.29, 0.717) is 4.90 Å². The van der Waals surface area contributed by atoms with Crippen molar-refractivity contribution < 1.29 is 23.1 Å². The molecular weight excluding hydrogens is 261 g/mol. The van der Waals surface area contributed by atoms with Gasteiger partial charge in [-0.2, -0.15) is 18.4 Å². The highest BCUT2D eigenvalue weighted by atomic mass is 19.4. The maximum absolute atomic E-state index is 12.4. The smallest absolute Gasteiger partial charge is 0.416 e. The first-order chi connectivity index (χ1) is 8.81. The van der Waals surface area contributed by atoms with E-state index in [0.717, 1.165) is 24.3 Å². The number of anilines is 1. The van der Waals surface area contributed by atoms with Gasteiger partial charge < -0.3 is 5.11 Å². The number of aliphatic hydroxyl groups excluding tert-OH is 1. The molecule has 7 heteroatoms. The molecule has 4 nitrogen and oxygen atoms in total. The number of carbonyl (C=O) groups excluding carboxylic acids is 1. The minimum absolute atomic E-state index is 0.0232. The molecule has 1 amide bonds. The lowest BCUT2D eigenvalue weighted by Gasteiger charge is -2.17. The molecule has 1 N–H and O–H groups in total. The number of benzene rings is 1. The Balaban J connectivity index is 3.16. The van der Waals surface area contributed by atoms with Crippen molar-refractivity contribution in [1.82, 2.24) is 0 Å². The van der Waals surface area contributed by atoms with Gasteiger partial charge in [-0.1, -0.05) is 0 Å². The van der Waals surface area contributed by atoms with Crippen LogP contribution >= 0.6 is 0 Å². The zero-order valence-corrected chi connectivity index (χ0v) is 9.77. The first-order valence-electron chi connectivity index (χ1n) is 5.03. The second kappa shape index (κ2) is 5.44. The van der Waals surface area contributed by atoms with Gasteiger partial charge >= 0.3 is 6.18 Å². The summed E-state index contributed by atoms with van der Waals surface area (Å²) in [4.78, 5) is 11.5. The SMILES string of the molecule is CC(C#N)=C(O)N(C=O)c1ccc(C(F)(F)F)cc1. The van der Waals surface area contributed by atoms with E-state index in [2.05, 4.69) is 0 Å². The van der Waals surface area contributed by atoms with E-state index in [1.165, 1.54) is 6.92 Å². The molecule has 0 aliphatic rings. The summed E-state index contributed by atoms with van der Waals surface area (Å²) in [5.74, 6) is -0.628. The number of nitriles is 1. The Morgan fingerprint density at radius 2 is 1.89 bits per heavy atom. The zero-order valence-electron chi connectivity index (χ0n) is 9.77. The molecule has 19 heavy (non-hydrogen) atoms. The number of amides is 1. The predicted molar refractivity (Wildman–Crippen MR) is 60.9 cm³/mol. The summed E-state index contributed by atoms with van der Waals surface area (Å²) in [6.45, 7) is 1.27. The molecule has 0 radical (unpaired) electrons. The monoisotopic (exact) mass is 270 g/mol. The van der Waals surface area contributed by atoms with Crippen LogP contribution in [0.25, 0.3) is 0 Å². The van der Waals surface area contributed by atoms with E-state index in [9.17, 15) is 23.1 Å². The number of alkyl halides is 3. The first-order valence-corrected chi connectivity index (χ1v) is 5.03. The molecule has 100 valence electrons. The summed E-state index contributed by atoms with van der Waals surface area (Å²) < 4.78 is 37.1. The van der Waals surface area contributed by atoms with E-state index >= 15 is 0 Å². The first kappa shape index (κ1) is 14.6. The topological polar surface area (TPSA) is 64.3 Å². The van der Waals surface area contributed by atoms with Gasteiger partial charge in [0.2, 0.25) is 12.3 Å². The summed E-state index contributed by atoms with van der Waals surface area (Å²) in [6, 6.07) is 5.24. The van der Waals surface area contributed by atoms with E-state index in [-0.39, 0.29) is 17.7 Å². The Hall–Kier alpha value is -2.49. The van der Waals surface area contributed by atoms with Crippen molar-refractivity contribution in [3.05, 3.63) is 41.3 Å². The highest BCUT2D eigenvalue weighted by Crippen LogP contribution is 2.30. The Morgan fingerprint density at radius 3 is 2.26 bits per heavy atom. The van der Waals surface area contributed by atoms with Gasteiger partial charge in [0.25, 0.3) is 0 Å². The Bertz CT molecular complexity index is 542. The molecule has 0 heterocycles. The molecule has 0 fully saturated rings. The van der Waals surface area contributed by atoms with Crippen molar-refractivity contribution in [3.8, 4) is 6.07 Å². The minimum Gasteiger partial charge on any atom is -0.493 e. The van der Waals surface area contributed by atoms with Crippen LogP contribution in [0, 0.1) is 11.3 Å². The fraction of sp³-hybridized carbons (Fsp3) is 0.167. The molecule has 0 aliphatic heterocycles. The van der Waals surface area contributed by atoms with E-state index in [1.54, 1.807) is 6.07 Å². The molecule has 0 atom stereocenters. The fourth-order valence-electron chi connectivity index (χ4n) is 1.27. The molecule has 1 aromatic carbocycles. The average Bonchev–Trinajstić information content (AvgIpc) is 2.38. The van der Waals surface area contributed by atoms with E-state index in [4.69, 9.17) is 5.26 Å². The summed E-state index contributed by atoms with van der Waals surface area (Å²) in [6.07, 6.45) is -4.27. The van der Waals surface area contributed by atoms with Gasteiger partial charge in [0.1, 0.15) is 0 Å². The van der Waals surface area contributed by atoms with E-state index in [1.807, 2.05) is 0 Å². The summed E-state index contributed by atoms with van der Waals surface area (Å²) in [5, 5.41) is 18.2. The highest BCUT2D eigenvalue weighted by Gasteiger charge is 2.30. The summed E-state index contributed by atoms with van der Waals surface area (Å²) in [7, 11) is 0. The number of hydrogen-bond donors (Lipinski definition) is 1. The molecule has 0 aromatic heterocycles. The molecular formula is C12H9F3N2O2. The van der Waals surface area contributed by atoms with Gasteiger partial charge in [-0.3, -0.25) is 9.69 Å². The Morgan fingerprint density at radius 1 is 1.37 bits per heavy atom. The zero-order chi connectivity index (χ0) is 14.6. The van der Waals surface area contributed by atoms with Crippen LogP contribution in [0.3, 0.4) is 0 Å². The largest absolute Gasteiger partial charge is 0.493 e. The molecule has 1 aromatic rings. The quantitative estimate of drug-likeness (QED) is 0.521. The lowest BCUT2D eigenvalue weighted by molar-refractivity contribution is -0.137. The number of rotatable bonds is 3. The molecule has 0 spiro atoms. The standard InChI is InChI=1S/C12H9F3N2O2/c1-8(6-16)11(19)17(7-18)10-4-2-9(3-5-10)12(13,14)15/h2-5,7,19H,1H3. The maximum Gasteiger partial charge on any atom is 0.416 e. The molecule has 0 bridgehead atoms. The van der Waals surface area contributed by atoms with Crippen molar-refractivity contribution in [2.75, 3.05) is 4.90 Å². The van der Waals surface area contributed by atoms with Crippen molar-refractivity contribution in [2.45, 2.75) is 13.1 Å². The van der Waals surface area contributed by atoms with Gasteiger partial charge in [0.05, 0.1) is 22.9 Å². The number of carbonyl (C=O) groups is 1. The average molecular weight is 270 g/mol. The number of halogens is 3. The normalized spacial score (nSPS) is 12.4. The molecule has 0 aliphatic carbocycles. The number of nitrogens with zero attached hydrogens (tertiary/aromatic N) is 2. The van der Waals surface area contributed by atoms with Crippen LogP contribution in [0.5, 0.6) is 0 Å². The van der Waals surface area contributed by atoms with E-state index < -0.39 is 17.6 Å². The van der Waals surface area contributed by atoms with Crippen LogP contribution in [0.15, 0.2) is 35.7 Å². The van der Waals surface area contributed by atoms with Gasteiger partial charge in [-0.05, 0) is 31.2 Å². The van der Waals surface area contributed by atoms with Crippen LogP contribution in [0.2, 0.25) is 0 Å². The highest BCUT2D eigenvalue weighted by molar-refractivity contribution is 5.79. The van der Waals surface area contributed by atoms with Crippen LogP contribution in [0.4, 0.5) is 18.9 Å².